The molecule has 0 amide bonds. The van der Waals surface area contributed by atoms with E-state index in [1.807, 2.05) is 34.7 Å². The molecule has 1 atom stereocenters. The maximum absolute atomic E-state index is 12.6. The molecule has 0 aliphatic carbocycles. The zero-order chi connectivity index (χ0) is 16.7. The lowest BCUT2D eigenvalue weighted by molar-refractivity contribution is -0.143. The number of ether oxygens (including phenoxy) is 1. The van der Waals surface area contributed by atoms with Gasteiger partial charge in [0.15, 0.2) is 0 Å². The molecule has 3 rings (SSSR count). The van der Waals surface area contributed by atoms with Crippen molar-refractivity contribution in [3.05, 3.63) is 35.1 Å². The summed E-state index contributed by atoms with van der Waals surface area (Å²) in [6.07, 6.45) is 3.02. The summed E-state index contributed by atoms with van der Waals surface area (Å²) in [6.45, 7) is 7.46. The topological polar surface area (TPSA) is 86.9 Å². The smallest absolute Gasteiger partial charge is 0.338 e. The van der Waals surface area contributed by atoms with Crippen LogP contribution in [0.2, 0.25) is 0 Å². The third kappa shape index (κ3) is 2.49. The summed E-state index contributed by atoms with van der Waals surface area (Å²) in [7, 11) is 1.87. The molecule has 122 valence electrons. The standard InChI is InChI=1S/C15H20N6O2/c1-8(2)23-14(22)12-9(3)19-15-16-7-18-21(15)13(12)11-6-17-20(5)10(11)4/h6-8,13H,1-5H3,(H,16,18,19)/t13-/m0/s1. The third-order valence-electron chi connectivity index (χ3n) is 3.92. The van der Waals surface area contributed by atoms with Gasteiger partial charge in [-0.1, -0.05) is 0 Å². The summed E-state index contributed by atoms with van der Waals surface area (Å²) in [5, 5.41) is 11.7. The Bertz CT molecular complexity index is 786. The second kappa shape index (κ2) is 5.53. The van der Waals surface area contributed by atoms with Crippen molar-refractivity contribution >= 4 is 11.9 Å². The van der Waals surface area contributed by atoms with Crippen LogP contribution in [-0.2, 0) is 16.6 Å². The molecular formula is C15H20N6O2. The number of aryl methyl sites for hydroxylation is 1. The molecule has 0 radical (unpaired) electrons. The van der Waals surface area contributed by atoms with Gasteiger partial charge in [-0.25, -0.2) is 9.48 Å². The van der Waals surface area contributed by atoms with Crippen molar-refractivity contribution < 1.29 is 9.53 Å². The quantitative estimate of drug-likeness (QED) is 0.865. The first-order valence-electron chi connectivity index (χ1n) is 7.47. The predicted octanol–water partition coefficient (Wildman–Crippen LogP) is 1.56. The molecule has 8 heteroatoms. The summed E-state index contributed by atoms with van der Waals surface area (Å²) in [6, 6.07) is -0.409. The predicted molar refractivity (Wildman–Crippen MR) is 83.7 cm³/mol. The Kier molecular flexibility index (Phi) is 3.67. The zero-order valence-corrected chi connectivity index (χ0v) is 13.9. The summed E-state index contributed by atoms with van der Waals surface area (Å²) in [5.41, 5.74) is 3.09. The van der Waals surface area contributed by atoms with Crippen LogP contribution in [0.1, 0.15) is 38.1 Å². The van der Waals surface area contributed by atoms with Crippen molar-refractivity contribution in [2.24, 2.45) is 7.05 Å². The summed E-state index contributed by atoms with van der Waals surface area (Å²) in [4.78, 5) is 16.8. The number of hydrogen-bond donors (Lipinski definition) is 1. The van der Waals surface area contributed by atoms with E-state index in [1.54, 1.807) is 15.6 Å². The number of fused-ring (bicyclic) bond motifs is 1. The fraction of sp³-hybridized carbons (Fsp3) is 0.467. The minimum Gasteiger partial charge on any atom is -0.459 e. The number of hydrogen-bond acceptors (Lipinski definition) is 6. The van der Waals surface area contributed by atoms with Crippen molar-refractivity contribution in [2.45, 2.75) is 39.8 Å². The number of nitrogens with one attached hydrogen (secondary N) is 1. The largest absolute Gasteiger partial charge is 0.459 e. The van der Waals surface area contributed by atoms with Gasteiger partial charge in [-0.2, -0.15) is 15.2 Å². The van der Waals surface area contributed by atoms with Crippen molar-refractivity contribution in [1.29, 1.82) is 0 Å². The maximum Gasteiger partial charge on any atom is 0.338 e. The van der Waals surface area contributed by atoms with Crippen LogP contribution >= 0.6 is 0 Å². The van der Waals surface area contributed by atoms with E-state index >= 15 is 0 Å². The molecule has 2 aromatic heterocycles. The molecule has 0 aromatic carbocycles. The highest BCUT2D eigenvalue weighted by Crippen LogP contribution is 2.36. The van der Waals surface area contributed by atoms with Gasteiger partial charge in [0.1, 0.15) is 12.4 Å². The Morgan fingerprint density at radius 2 is 2.09 bits per heavy atom. The number of carbonyl (C=O) groups excluding carboxylic acids is 1. The van der Waals surface area contributed by atoms with E-state index in [0.717, 1.165) is 11.3 Å². The van der Waals surface area contributed by atoms with Crippen LogP contribution in [0.25, 0.3) is 0 Å². The molecule has 0 spiro atoms. The molecule has 1 aliphatic heterocycles. The van der Waals surface area contributed by atoms with Gasteiger partial charge in [-0.15, -0.1) is 0 Å². The van der Waals surface area contributed by atoms with Crippen molar-refractivity contribution in [1.82, 2.24) is 24.5 Å². The van der Waals surface area contributed by atoms with E-state index < -0.39 is 6.04 Å². The lowest BCUT2D eigenvalue weighted by atomic mass is 9.96. The number of nitrogens with zero attached hydrogens (tertiary/aromatic N) is 5. The Morgan fingerprint density at radius 1 is 1.35 bits per heavy atom. The lowest BCUT2D eigenvalue weighted by Crippen LogP contribution is -2.30. The van der Waals surface area contributed by atoms with E-state index in [-0.39, 0.29) is 12.1 Å². The van der Waals surface area contributed by atoms with Crippen LogP contribution in [0.5, 0.6) is 0 Å². The molecule has 0 saturated heterocycles. The van der Waals surface area contributed by atoms with Crippen LogP contribution < -0.4 is 5.32 Å². The number of anilines is 1. The molecule has 0 bridgehead atoms. The number of allylic oxidation sites excluding steroid dienone is 1. The molecular weight excluding hydrogens is 296 g/mol. The summed E-state index contributed by atoms with van der Waals surface area (Å²) in [5.74, 6) is 0.233. The first-order valence-corrected chi connectivity index (χ1v) is 7.47. The Morgan fingerprint density at radius 3 is 2.70 bits per heavy atom. The second-order valence-corrected chi connectivity index (χ2v) is 5.86. The Balaban J connectivity index is 2.15. The molecule has 2 aromatic rings. The fourth-order valence-electron chi connectivity index (χ4n) is 2.70. The van der Waals surface area contributed by atoms with Gasteiger partial charge in [0.05, 0.1) is 17.9 Å². The average Bonchev–Trinajstić information content (AvgIpc) is 3.04. The van der Waals surface area contributed by atoms with Gasteiger partial charge in [-0.3, -0.25) is 4.68 Å². The Hall–Kier alpha value is -2.64. The number of carbonyl (C=O) groups is 1. The van der Waals surface area contributed by atoms with Gasteiger partial charge in [-0.05, 0) is 27.7 Å². The van der Waals surface area contributed by atoms with E-state index in [4.69, 9.17) is 4.74 Å². The number of esters is 1. The number of aromatic nitrogens is 5. The normalized spacial score (nSPS) is 17.2. The van der Waals surface area contributed by atoms with E-state index in [1.165, 1.54) is 6.33 Å². The van der Waals surface area contributed by atoms with Gasteiger partial charge in [0.25, 0.3) is 0 Å². The van der Waals surface area contributed by atoms with Gasteiger partial charge in [0, 0.05) is 24.0 Å². The summed E-state index contributed by atoms with van der Waals surface area (Å²) < 4.78 is 8.89. The highest BCUT2D eigenvalue weighted by atomic mass is 16.5. The molecule has 0 fully saturated rings. The Labute approximate surface area is 134 Å². The fourth-order valence-corrected chi connectivity index (χ4v) is 2.70. The average molecular weight is 316 g/mol. The molecule has 3 heterocycles. The van der Waals surface area contributed by atoms with Crippen molar-refractivity contribution in [2.75, 3.05) is 5.32 Å². The monoisotopic (exact) mass is 316 g/mol. The molecule has 1 N–H and O–H groups in total. The molecule has 0 saturated carbocycles. The highest BCUT2D eigenvalue weighted by Gasteiger charge is 2.36. The van der Waals surface area contributed by atoms with Crippen LogP contribution in [0.15, 0.2) is 23.8 Å². The van der Waals surface area contributed by atoms with E-state index in [9.17, 15) is 4.79 Å². The van der Waals surface area contributed by atoms with Crippen LogP contribution in [0, 0.1) is 6.92 Å². The molecule has 23 heavy (non-hydrogen) atoms. The number of rotatable bonds is 3. The minimum atomic E-state index is -0.409. The SMILES string of the molecule is CC1=C(C(=O)OC(C)C)[C@H](c2cnn(C)c2C)n2ncnc2N1. The van der Waals surface area contributed by atoms with Crippen molar-refractivity contribution in [3.8, 4) is 0 Å². The summed E-state index contributed by atoms with van der Waals surface area (Å²) >= 11 is 0. The molecule has 0 unspecified atom stereocenters. The first-order chi connectivity index (χ1) is 10.9. The lowest BCUT2D eigenvalue weighted by Gasteiger charge is -2.28. The zero-order valence-electron chi connectivity index (χ0n) is 13.9. The van der Waals surface area contributed by atoms with Gasteiger partial charge >= 0.3 is 5.97 Å². The molecule has 1 aliphatic rings. The second-order valence-electron chi connectivity index (χ2n) is 5.86. The maximum atomic E-state index is 12.6. The van der Waals surface area contributed by atoms with Crippen LogP contribution in [0.3, 0.4) is 0 Å². The van der Waals surface area contributed by atoms with Crippen LogP contribution in [0.4, 0.5) is 5.95 Å². The first kappa shape index (κ1) is 15.3. The van der Waals surface area contributed by atoms with Gasteiger partial charge in [0.2, 0.25) is 5.95 Å². The highest BCUT2D eigenvalue weighted by molar-refractivity contribution is 5.92. The van der Waals surface area contributed by atoms with E-state index in [0.29, 0.717) is 17.2 Å². The van der Waals surface area contributed by atoms with Crippen molar-refractivity contribution in [3.63, 3.8) is 0 Å². The van der Waals surface area contributed by atoms with Crippen LogP contribution in [-0.4, -0.2) is 36.6 Å². The van der Waals surface area contributed by atoms with E-state index in [2.05, 4.69) is 20.5 Å². The molecule has 8 nitrogen and oxygen atoms in total. The minimum absolute atomic E-state index is 0.199. The van der Waals surface area contributed by atoms with Gasteiger partial charge < -0.3 is 10.1 Å². The third-order valence-corrected chi connectivity index (χ3v) is 3.92.